The van der Waals surface area contributed by atoms with Crippen molar-refractivity contribution in [2.45, 2.75) is 13.0 Å². The van der Waals surface area contributed by atoms with Gasteiger partial charge in [0, 0.05) is 7.11 Å². The number of aromatic nitrogens is 1. The van der Waals surface area contributed by atoms with E-state index < -0.39 is 0 Å². The van der Waals surface area contributed by atoms with Gasteiger partial charge in [-0.05, 0) is 19.1 Å². The highest BCUT2D eigenvalue weighted by Crippen LogP contribution is 2.16. The van der Waals surface area contributed by atoms with E-state index in [9.17, 15) is 4.79 Å². The van der Waals surface area contributed by atoms with Crippen LogP contribution >= 0.6 is 0 Å². The van der Waals surface area contributed by atoms with Gasteiger partial charge in [-0.1, -0.05) is 5.16 Å². The van der Waals surface area contributed by atoms with Gasteiger partial charge < -0.3 is 19.0 Å². The summed E-state index contributed by atoms with van der Waals surface area (Å²) >= 11 is 0. The highest BCUT2D eigenvalue weighted by atomic mass is 16.5. The lowest BCUT2D eigenvalue weighted by Gasteiger charge is -2.13. The lowest BCUT2D eigenvalue weighted by molar-refractivity contribution is 0.0737. The molecule has 2 aromatic heterocycles. The fraction of sp³-hybridized carbons (Fsp3) is 0.333. The van der Waals surface area contributed by atoms with Crippen LogP contribution in [-0.2, 0) is 4.74 Å². The molecule has 2 aromatic rings. The molecule has 1 N–H and O–H groups in total. The number of hydrogen-bond donors (Lipinski definition) is 1. The van der Waals surface area contributed by atoms with Crippen LogP contribution in [0.1, 0.15) is 28.0 Å². The van der Waals surface area contributed by atoms with E-state index in [0.29, 0.717) is 23.6 Å². The second-order valence-corrected chi connectivity index (χ2v) is 3.75. The van der Waals surface area contributed by atoms with Crippen LogP contribution in [0.4, 0.5) is 0 Å². The van der Waals surface area contributed by atoms with Crippen molar-refractivity contribution in [1.29, 1.82) is 0 Å². The first kappa shape index (κ1) is 12.4. The lowest BCUT2D eigenvalue weighted by Crippen LogP contribution is -2.29. The quantitative estimate of drug-likeness (QED) is 0.873. The molecular weight excluding hydrogens is 236 g/mol. The van der Waals surface area contributed by atoms with Gasteiger partial charge in [0.2, 0.25) is 0 Å². The molecule has 2 rings (SSSR count). The normalized spacial score (nSPS) is 12.3. The Morgan fingerprint density at radius 3 is 3.00 bits per heavy atom. The summed E-state index contributed by atoms with van der Waals surface area (Å²) in [6.07, 6.45) is 2.64. The van der Waals surface area contributed by atoms with Gasteiger partial charge in [0.05, 0.1) is 19.0 Å². The summed E-state index contributed by atoms with van der Waals surface area (Å²) < 4.78 is 15.3. The minimum Gasteiger partial charge on any atom is -0.467 e. The van der Waals surface area contributed by atoms with E-state index in [0.717, 1.165) is 0 Å². The van der Waals surface area contributed by atoms with Crippen LogP contribution in [0.3, 0.4) is 0 Å². The van der Waals surface area contributed by atoms with E-state index in [1.165, 1.54) is 6.20 Å². The molecule has 0 spiro atoms. The first-order valence-electron chi connectivity index (χ1n) is 5.48. The second kappa shape index (κ2) is 5.50. The Morgan fingerprint density at radius 2 is 2.44 bits per heavy atom. The highest BCUT2D eigenvalue weighted by molar-refractivity contribution is 5.94. The van der Waals surface area contributed by atoms with Gasteiger partial charge in [-0.15, -0.1) is 0 Å². The Bertz CT molecular complexity index is 504. The number of carbonyl (C=O) groups is 1. The summed E-state index contributed by atoms with van der Waals surface area (Å²) in [5.41, 5.74) is 0.421. The van der Waals surface area contributed by atoms with E-state index >= 15 is 0 Å². The fourth-order valence-electron chi connectivity index (χ4n) is 1.57. The summed E-state index contributed by atoms with van der Waals surface area (Å²) in [7, 11) is 1.56. The van der Waals surface area contributed by atoms with E-state index in [4.69, 9.17) is 13.7 Å². The monoisotopic (exact) mass is 250 g/mol. The van der Waals surface area contributed by atoms with Crippen LogP contribution in [0.25, 0.3) is 0 Å². The number of amides is 1. The smallest absolute Gasteiger partial charge is 0.256 e. The van der Waals surface area contributed by atoms with E-state index in [1.54, 1.807) is 32.4 Å². The SMILES string of the molecule is COC(CNC(=O)c1cnoc1C)c1ccco1. The van der Waals surface area contributed by atoms with Crippen LogP contribution in [-0.4, -0.2) is 24.7 Å². The Kier molecular flexibility index (Phi) is 3.78. The average Bonchev–Trinajstić information content (AvgIpc) is 3.01. The van der Waals surface area contributed by atoms with Crippen molar-refractivity contribution in [2.75, 3.05) is 13.7 Å². The van der Waals surface area contributed by atoms with E-state index in [2.05, 4.69) is 10.5 Å². The lowest BCUT2D eigenvalue weighted by atomic mass is 10.2. The first-order chi connectivity index (χ1) is 8.72. The predicted octanol–water partition coefficient (Wildman–Crippen LogP) is 1.69. The minimum atomic E-state index is -0.316. The zero-order chi connectivity index (χ0) is 13.0. The molecule has 0 fully saturated rings. The van der Waals surface area contributed by atoms with Gasteiger partial charge in [-0.25, -0.2) is 0 Å². The van der Waals surface area contributed by atoms with Gasteiger partial charge in [-0.2, -0.15) is 0 Å². The molecule has 1 atom stereocenters. The Balaban J connectivity index is 1.95. The fourth-order valence-corrected chi connectivity index (χ4v) is 1.57. The zero-order valence-corrected chi connectivity index (χ0v) is 10.2. The average molecular weight is 250 g/mol. The number of carbonyl (C=O) groups excluding carboxylic acids is 1. The third-order valence-electron chi connectivity index (χ3n) is 2.59. The largest absolute Gasteiger partial charge is 0.467 e. The Labute approximate surface area is 104 Å². The zero-order valence-electron chi connectivity index (χ0n) is 10.2. The second-order valence-electron chi connectivity index (χ2n) is 3.75. The van der Waals surface area contributed by atoms with Crippen LogP contribution in [0, 0.1) is 6.92 Å². The summed E-state index contributed by atoms with van der Waals surface area (Å²) in [6.45, 7) is 2.00. The van der Waals surface area contributed by atoms with Crippen molar-refractivity contribution in [3.8, 4) is 0 Å². The van der Waals surface area contributed by atoms with Crippen molar-refractivity contribution in [2.24, 2.45) is 0 Å². The van der Waals surface area contributed by atoms with Crippen molar-refractivity contribution < 1.29 is 18.5 Å². The van der Waals surface area contributed by atoms with E-state index in [1.807, 2.05) is 0 Å². The highest BCUT2D eigenvalue weighted by Gasteiger charge is 2.17. The molecule has 0 saturated heterocycles. The summed E-state index contributed by atoms with van der Waals surface area (Å²) in [5, 5.41) is 6.30. The topological polar surface area (TPSA) is 77.5 Å². The summed E-state index contributed by atoms with van der Waals surface area (Å²) in [6, 6.07) is 3.57. The van der Waals surface area contributed by atoms with Gasteiger partial charge >= 0.3 is 0 Å². The standard InChI is InChI=1S/C12H14N2O4/c1-8-9(6-14-18-8)12(15)13-7-11(16-2)10-4-3-5-17-10/h3-6,11H,7H2,1-2H3,(H,13,15). The van der Waals surface area contributed by atoms with Gasteiger partial charge in [-0.3, -0.25) is 4.79 Å². The van der Waals surface area contributed by atoms with E-state index in [-0.39, 0.29) is 12.0 Å². The molecular formula is C12H14N2O4. The number of methoxy groups -OCH3 is 1. The molecule has 1 amide bonds. The molecule has 0 aliphatic heterocycles. The molecule has 1 unspecified atom stereocenters. The molecule has 96 valence electrons. The number of aryl methyl sites for hydroxylation is 1. The van der Waals surface area contributed by atoms with Crippen molar-refractivity contribution in [3.05, 3.63) is 41.7 Å². The number of furan rings is 1. The maximum atomic E-state index is 11.8. The number of nitrogens with zero attached hydrogens (tertiary/aromatic N) is 1. The van der Waals surface area contributed by atoms with Crippen LogP contribution in [0.2, 0.25) is 0 Å². The van der Waals surface area contributed by atoms with Crippen LogP contribution < -0.4 is 5.32 Å². The van der Waals surface area contributed by atoms with Crippen molar-refractivity contribution in [3.63, 3.8) is 0 Å². The molecule has 0 aromatic carbocycles. The number of rotatable bonds is 5. The maximum Gasteiger partial charge on any atom is 0.256 e. The van der Waals surface area contributed by atoms with Gasteiger partial charge in [0.25, 0.3) is 5.91 Å². The first-order valence-corrected chi connectivity index (χ1v) is 5.48. The molecule has 0 aliphatic carbocycles. The number of nitrogens with one attached hydrogen (secondary N) is 1. The third-order valence-corrected chi connectivity index (χ3v) is 2.59. The molecule has 0 saturated carbocycles. The molecule has 2 heterocycles. The maximum absolute atomic E-state index is 11.8. The summed E-state index contributed by atoms with van der Waals surface area (Å²) in [4.78, 5) is 11.8. The van der Waals surface area contributed by atoms with Crippen LogP contribution in [0.5, 0.6) is 0 Å². The summed E-state index contributed by atoms with van der Waals surface area (Å²) in [5.74, 6) is 0.904. The molecule has 0 aliphatic rings. The van der Waals surface area contributed by atoms with Gasteiger partial charge in [0.1, 0.15) is 23.2 Å². The molecule has 6 nitrogen and oxygen atoms in total. The Morgan fingerprint density at radius 1 is 1.61 bits per heavy atom. The molecule has 6 heteroatoms. The molecule has 18 heavy (non-hydrogen) atoms. The van der Waals surface area contributed by atoms with Crippen molar-refractivity contribution in [1.82, 2.24) is 10.5 Å². The third kappa shape index (κ3) is 2.60. The Hall–Kier alpha value is -2.08. The molecule has 0 bridgehead atoms. The number of hydrogen-bond acceptors (Lipinski definition) is 5. The van der Waals surface area contributed by atoms with Gasteiger partial charge in [0.15, 0.2) is 0 Å². The minimum absolute atomic E-state index is 0.248. The predicted molar refractivity (Wildman–Crippen MR) is 62.0 cm³/mol. The number of ether oxygens (including phenoxy) is 1. The molecule has 0 radical (unpaired) electrons. The van der Waals surface area contributed by atoms with Crippen molar-refractivity contribution >= 4 is 5.91 Å². The van der Waals surface area contributed by atoms with Crippen LogP contribution in [0.15, 0.2) is 33.5 Å².